The summed E-state index contributed by atoms with van der Waals surface area (Å²) < 4.78 is 17.7. The van der Waals surface area contributed by atoms with E-state index in [0.717, 1.165) is 19.3 Å². The normalized spacial score (nSPS) is 57.7. The summed E-state index contributed by atoms with van der Waals surface area (Å²) >= 11 is 0. The molecule has 0 aromatic rings. The molecule has 44 heavy (non-hydrogen) atoms. The van der Waals surface area contributed by atoms with Crippen LogP contribution in [0.1, 0.15) is 79.1 Å². The third kappa shape index (κ3) is 5.12. The van der Waals surface area contributed by atoms with Gasteiger partial charge < -0.3 is 55.1 Å². The molecule has 0 bridgehead atoms. The molecule has 0 radical (unpaired) electrons. The Morgan fingerprint density at radius 3 is 2.36 bits per heavy atom. The molecule has 11 nitrogen and oxygen atoms in total. The maximum atomic E-state index is 11.8. The number of rotatable bonds is 7. The molecule has 19 atom stereocenters. The summed E-state index contributed by atoms with van der Waals surface area (Å²) in [5, 5.41) is 85.0. The van der Waals surface area contributed by atoms with Crippen LogP contribution in [0.3, 0.4) is 0 Å². The Morgan fingerprint density at radius 1 is 0.932 bits per heavy atom. The van der Waals surface area contributed by atoms with Crippen LogP contribution in [0.25, 0.3) is 0 Å². The van der Waals surface area contributed by atoms with Crippen molar-refractivity contribution in [1.82, 2.24) is 0 Å². The molecule has 6 fully saturated rings. The van der Waals surface area contributed by atoms with E-state index in [9.17, 15) is 40.9 Å². The number of aliphatic hydroxyl groups is 8. The van der Waals surface area contributed by atoms with E-state index in [2.05, 4.69) is 20.8 Å². The fourth-order valence-corrected chi connectivity index (χ4v) is 11.4. The zero-order valence-electron chi connectivity index (χ0n) is 26.6. The molecule has 0 unspecified atom stereocenters. The lowest BCUT2D eigenvalue weighted by molar-refractivity contribution is -0.303. The molecule has 0 aromatic heterocycles. The van der Waals surface area contributed by atoms with E-state index in [1.165, 1.54) is 0 Å². The molecule has 4 aliphatic carbocycles. The number of hydrogen-bond acceptors (Lipinski definition) is 11. The summed E-state index contributed by atoms with van der Waals surface area (Å²) in [5.74, 6) is -0.621. The van der Waals surface area contributed by atoms with Crippen LogP contribution in [-0.2, 0) is 14.2 Å². The zero-order valence-corrected chi connectivity index (χ0v) is 26.6. The fraction of sp³-hybridized carbons (Fsp3) is 1.00. The van der Waals surface area contributed by atoms with Gasteiger partial charge in [0, 0.05) is 17.8 Å². The predicted molar refractivity (Wildman–Crippen MR) is 156 cm³/mol. The van der Waals surface area contributed by atoms with Crippen molar-refractivity contribution in [3.63, 3.8) is 0 Å². The van der Waals surface area contributed by atoms with E-state index in [4.69, 9.17) is 14.2 Å². The summed E-state index contributed by atoms with van der Waals surface area (Å²) in [7, 11) is 0. The van der Waals surface area contributed by atoms with Crippen LogP contribution in [0, 0.1) is 52.3 Å². The molecule has 11 heteroatoms. The second-order valence-corrected chi connectivity index (χ2v) is 16.1. The molecule has 0 spiro atoms. The van der Waals surface area contributed by atoms with Gasteiger partial charge in [-0.05, 0) is 85.9 Å². The van der Waals surface area contributed by atoms with E-state index < -0.39 is 66.8 Å². The number of hydrogen-bond donors (Lipinski definition) is 8. The Bertz CT molecular complexity index is 1030. The van der Waals surface area contributed by atoms with Crippen LogP contribution in [0.5, 0.6) is 0 Å². The summed E-state index contributed by atoms with van der Waals surface area (Å²) in [6.07, 6.45) is -2.98. The lowest BCUT2D eigenvalue weighted by Crippen LogP contribution is -2.63. The van der Waals surface area contributed by atoms with E-state index >= 15 is 0 Å². The van der Waals surface area contributed by atoms with Crippen LogP contribution in [0.2, 0.25) is 0 Å². The van der Waals surface area contributed by atoms with Crippen LogP contribution in [0.15, 0.2) is 0 Å². The first-order valence-corrected chi connectivity index (χ1v) is 17.0. The third-order valence-corrected chi connectivity index (χ3v) is 13.7. The largest absolute Gasteiger partial charge is 0.394 e. The van der Waals surface area contributed by atoms with Gasteiger partial charge in [-0.1, -0.05) is 27.7 Å². The summed E-state index contributed by atoms with van der Waals surface area (Å²) in [6.45, 7) is 8.11. The number of fused-ring (bicyclic) bond motifs is 7. The van der Waals surface area contributed by atoms with Crippen molar-refractivity contribution in [2.75, 3.05) is 13.2 Å². The fourth-order valence-electron chi connectivity index (χ4n) is 11.4. The lowest BCUT2D eigenvalue weighted by Gasteiger charge is -2.63. The molecular formula is C33H56O11. The maximum absolute atomic E-state index is 11.8. The van der Waals surface area contributed by atoms with Gasteiger partial charge in [0.2, 0.25) is 0 Å². The molecule has 6 rings (SSSR count). The van der Waals surface area contributed by atoms with E-state index in [1.54, 1.807) is 0 Å². The van der Waals surface area contributed by atoms with Crippen molar-refractivity contribution < 1.29 is 55.1 Å². The van der Waals surface area contributed by atoms with Crippen molar-refractivity contribution in [2.45, 2.75) is 140 Å². The average molecular weight is 629 g/mol. The molecule has 4 saturated carbocycles. The molecule has 2 heterocycles. The highest BCUT2D eigenvalue weighted by atomic mass is 16.7. The van der Waals surface area contributed by atoms with Gasteiger partial charge in [0.15, 0.2) is 12.1 Å². The monoisotopic (exact) mass is 628 g/mol. The minimum atomic E-state index is -1.49. The summed E-state index contributed by atoms with van der Waals surface area (Å²) in [4.78, 5) is 0. The van der Waals surface area contributed by atoms with Crippen molar-refractivity contribution in [3.8, 4) is 0 Å². The van der Waals surface area contributed by atoms with Gasteiger partial charge in [0.05, 0.1) is 37.6 Å². The molecule has 6 aliphatic rings. The van der Waals surface area contributed by atoms with Crippen molar-refractivity contribution in [2.24, 2.45) is 52.3 Å². The highest BCUT2D eigenvalue weighted by Gasteiger charge is 2.70. The second kappa shape index (κ2) is 11.9. The number of ether oxygens (including phenoxy) is 3. The summed E-state index contributed by atoms with van der Waals surface area (Å²) in [5.41, 5.74) is -0.614. The van der Waals surface area contributed by atoms with Gasteiger partial charge in [-0.2, -0.15) is 0 Å². The molecule has 8 N–H and O–H groups in total. The highest BCUT2D eigenvalue weighted by Crippen LogP contribution is 2.70. The first-order chi connectivity index (χ1) is 20.7. The minimum absolute atomic E-state index is 0.0145. The van der Waals surface area contributed by atoms with Crippen LogP contribution < -0.4 is 0 Å². The molecule has 254 valence electrons. The molecular weight excluding hydrogens is 572 g/mol. The van der Waals surface area contributed by atoms with Gasteiger partial charge in [-0.25, -0.2) is 0 Å². The predicted octanol–water partition coefficient (Wildman–Crippen LogP) is 0.514. The minimum Gasteiger partial charge on any atom is -0.394 e. The second-order valence-electron chi connectivity index (χ2n) is 16.1. The Morgan fingerprint density at radius 2 is 1.66 bits per heavy atom. The molecule has 0 aromatic carbocycles. The average Bonchev–Trinajstić information content (AvgIpc) is 3.39. The molecule has 2 aliphatic heterocycles. The molecule has 2 saturated heterocycles. The van der Waals surface area contributed by atoms with Crippen molar-refractivity contribution >= 4 is 0 Å². The van der Waals surface area contributed by atoms with Crippen LogP contribution in [-0.4, -0.2) is 115 Å². The Labute approximate surface area is 260 Å². The summed E-state index contributed by atoms with van der Waals surface area (Å²) in [6, 6.07) is 0. The maximum Gasteiger partial charge on any atom is 0.186 e. The first-order valence-electron chi connectivity index (χ1n) is 17.0. The SMILES string of the molecule is C[C@H](CC[C@@]1(O)O[C@H]2C[C@@H]3[C@H]4CC[C@@H]5C[C@@H](O)C[C@@H](O)[C@]5(C)[C@@H]4[C@H](O)C[C@]3(C)[C@H]2[C@@H]1C)CO[C@@H]1O[C@H](CO)[C@@H](O)[C@H](O)[C@H]1O. The smallest absolute Gasteiger partial charge is 0.186 e. The van der Waals surface area contributed by atoms with Crippen molar-refractivity contribution in [1.29, 1.82) is 0 Å². The van der Waals surface area contributed by atoms with E-state index in [1.807, 2.05) is 6.92 Å². The van der Waals surface area contributed by atoms with Crippen LogP contribution >= 0.6 is 0 Å². The first kappa shape index (κ1) is 33.5. The molecule has 0 amide bonds. The van der Waals surface area contributed by atoms with Gasteiger partial charge >= 0.3 is 0 Å². The third-order valence-electron chi connectivity index (χ3n) is 13.7. The highest BCUT2D eigenvalue weighted by molar-refractivity contribution is 5.17. The van der Waals surface area contributed by atoms with Gasteiger partial charge in [-0.3, -0.25) is 0 Å². The van der Waals surface area contributed by atoms with Gasteiger partial charge in [0.1, 0.15) is 24.4 Å². The quantitative estimate of drug-likeness (QED) is 0.196. The van der Waals surface area contributed by atoms with E-state index in [0.29, 0.717) is 38.0 Å². The Balaban J connectivity index is 1.09. The lowest BCUT2D eigenvalue weighted by atomic mass is 9.43. The van der Waals surface area contributed by atoms with E-state index in [-0.39, 0.29) is 53.6 Å². The standard InChI is InChI=1S/C33H56O11/c1-15(14-42-30-29(40)28(39)27(38)23(13-34)43-30)7-8-33(41)16(2)25-22(44-33)11-20-19-6-5-17-9-18(35)10-24(37)32(17,4)26(19)21(36)12-31(20,25)3/h15-30,34-41H,5-14H2,1-4H3/t15-,16+,17-,18-,19-,20-,21-,22+,23-,24-,25+,26+,27-,28+,29-,30-,31+,32-,33-/m1/s1. The topological polar surface area (TPSA) is 190 Å². The zero-order chi connectivity index (χ0) is 31.9. The Hall–Kier alpha value is -0.440. The van der Waals surface area contributed by atoms with Gasteiger partial charge in [0.25, 0.3) is 0 Å². The Kier molecular flexibility index (Phi) is 9.06. The number of aliphatic hydroxyl groups excluding tert-OH is 7. The van der Waals surface area contributed by atoms with Gasteiger partial charge in [-0.15, -0.1) is 0 Å². The van der Waals surface area contributed by atoms with Crippen molar-refractivity contribution in [3.05, 3.63) is 0 Å². The van der Waals surface area contributed by atoms with Crippen LogP contribution in [0.4, 0.5) is 0 Å².